The van der Waals surface area contributed by atoms with E-state index in [0.717, 1.165) is 33.3 Å². The minimum Gasteiger partial charge on any atom is -0.461 e. The molecular weight excluding hydrogens is 306 g/mol. The number of halogens is 1. The first-order chi connectivity index (χ1) is 9.31. The van der Waals surface area contributed by atoms with Gasteiger partial charge in [0.15, 0.2) is 11.6 Å². The number of furan rings is 1. The van der Waals surface area contributed by atoms with Gasteiger partial charge >= 0.3 is 0 Å². The molecule has 0 aliphatic heterocycles. The first kappa shape index (κ1) is 12.2. The van der Waals surface area contributed by atoms with Gasteiger partial charge in [-0.15, -0.1) is 10.2 Å². The SMILES string of the molecule is CCNc1nnc(-c2occc2Br)c2ccccc12. The van der Waals surface area contributed by atoms with Gasteiger partial charge in [0.25, 0.3) is 0 Å². The molecule has 1 N–H and O–H groups in total. The van der Waals surface area contributed by atoms with Gasteiger partial charge in [0.1, 0.15) is 5.69 Å². The molecule has 0 aliphatic rings. The van der Waals surface area contributed by atoms with Gasteiger partial charge < -0.3 is 9.73 Å². The summed E-state index contributed by atoms with van der Waals surface area (Å²) in [6.07, 6.45) is 1.63. The monoisotopic (exact) mass is 317 g/mol. The van der Waals surface area contributed by atoms with Gasteiger partial charge in [0.2, 0.25) is 0 Å². The van der Waals surface area contributed by atoms with Crippen LogP contribution in [0.25, 0.3) is 22.2 Å². The van der Waals surface area contributed by atoms with E-state index in [0.29, 0.717) is 5.76 Å². The Hall–Kier alpha value is -1.88. The first-order valence-electron chi connectivity index (χ1n) is 6.04. The van der Waals surface area contributed by atoms with Gasteiger partial charge in [-0.2, -0.15) is 0 Å². The van der Waals surface area contributed by atoms with E-state index in [-0.39, 0.29) is 0 Å². The van der Waals surface area contributed by atoms with E-state index in [1.54, 1.807) is 6.26 Å². The number of aromatic nitrogens is 2. The second-order valence-corrected chi connectivity index (χ2v) is 4.93. The summed E-state index contributed by atoms with van der Waals surface area (Å²) < 4.78 is 6.37. The number of hydrogen-bond donors (Lipinski definition) is 1. The molecule has 0 radical (unpaired) electrons. The average molecular weight is 318 g/mol. The summed E-state index contributed by atoms with van der Waals surface area (Å²) in [4.78, 5) is 0. The fourth-order valence-corrected chi connectivity index (χ4v) is 2.42. The molecule has 5 heteroatoms. The smallest absolute Gasteiger partial charge is 0.168 e. The van der Waals surface area contributed by atoms with Crippen LogP contribution in [0.3, 0.4) is 0 Å². The third-order valence-electron chi connectivity index (χ3n) is 2.86. The molecule has 0 aliphatic carbocycles. The predicted octanol–water partition coefficient (Wildman–Crippen LogP) is 4.08. The molecule has 0 saturated heterocycles. The molecule has 3 rings (SSSR count). The van der Waals surface area contributed by atoms with E-state index in [4.69, 9.17) is 4.42 Å². The first-order valence-corrected chi connectivity index (χ1v) is 6.83. The summed E-state index contributed by atoms with van der Waals surface area (Å²) in [5.41, 5.74) is 0.745. The minimum atomic E-state index is 0.701. The maximum atomic E-state index is 5.49. The molecule has 2 aromatic heterocycles. The van der Waals surface area contributed by atoms with Crippen molar-refractivity contribution in [3.63, 3.8) is 0 Å². The summed E-state index contributed by atoms with van der Waals surface area (Å²) in [7, 11) is 0. The maximum absolute atomic E-state index is 5.49. The third kappa shape index (κ3) is 2.10. The van der Waals surface area contributed by atoms with Gasteiger partial charge in [0.05, 0.1) is 10.7 Å². The Morgan fingerprint density at radius 2 is 1.95 bits per heavy atom. The van der Waals surface area contributed by atoms with Crippen molar-refractivity contribution < 1.29 is 4.42 Å². The summed E-state index contributed by atoms with van der Waals surface area (Å²) in [5.74, 6) is 1.50. The molecule has 19 heavy (non-hydrogen) atoms. The molecule has 0 bridgehead atoms. The van der Waals surface area contributed by atoms with E-state index < -0.39 is 0 Å². The number of anilines is 1. The topological polar surface area (TPSA) is 51.0 Å². The van der Waals surface area contributed by atoms with E-state index in [2.05, 4.69) is 31.4 Å². The van der Waals surface area contributed by atoms with Crippen molar-refractivity contribution in [2.45, 2.75) is 6.92 Å². The van der Waals surface area contributed by atoms with Gasteiger partial charge in [-0.1, -0.05) is 24.3 Å². The Labute approximate surface area is 119 Å². The lowest BCUT2D eigenvalue weighted by Crippen LogP contribution is -2.02. The standard InChI is InChI=1S/C14H12BrN3O/c1-2-16-14-10-6-4-3-5-9(10)12(17-18-14)13-11(15)7-8-19-13/h3-8H,2H2,1H3,(H,16,18). The zero-order valence-electron chi connectivity index (χ0n) is 10.4. The number of fused-ring (bicyclic) bond motifs is 1. The van der Waals surface area contributed by atoms with Crippen molar-refractivity contribution in [3.05, 3.63) is 41.1 Å². The molecule has 0 saturated carbocycles. The summed E-state index contributed by atoms with van der Waals surface area (Å²) >= 11 is 3.46. The molecule has 0 atom stereocenters. The highest BCUT2D eigenvalue weighted by atomic mass is 79.9. The molecule has 3 aromatic rings. The van der Waals surface area contributed by atoms with E-state index in [1.165, 1.54) is 0 Å². The van der Waals surface area contributed by atoms with Crippen LogP contribution in [0.5, 0.6) is 0 Å². The molecule has 0 unspecified atom stereocenters. The van der Waals surface area contributed by atoms with Crippen molar-refractivity contribution in [1.82, 2.24) is 10.2 Å². The van der Waals surface area contributed by atoms with Gasteiger partial charge in [0, 0.05) is 17.3 Å². The van der Waals surface area contributed by atoms with Crippen molar-refractivity contribution in [2.75, 3.05) is 11.9 Å². The molecule has 0 amide bonds. The van der Waals surface area contributed by atoms with E-state index >= 15 is 0 Å². The fourth-order valence-electron chi connectivity index (χ4n) is 2.03. The Morgan fingerprint density at radius 3 is 2.63 bits per heavy atom. The zero-order chi connectivity index (χ0) is 13.2. The number of nitrogens with zero attached hydrogens (tertiary/aromatic N) is 2. The minimum absolute atomic E-state index is 0.701. The van der Waals surface area contributed by atoms with E-state index in [1.807, 2.05) is 37.3 Å². The average Bonchev–Trinajstić information content (AvgIpc) is 2.86. The molecule has 0 fully saturated rings. The molecule has 4 nitrogen and oxygen atoms in total. The highest BCUT2D eigenvalue weighted by molar-refractivity contribution is 9.10. The van der Waals surface area contributed by atoms with E-state index in [9.17, 15) is 0 Å². The Morgan fingerprint density at radius 1 is 1.16 bits per heavy atom. The maximum Gasteiger partial charge on any atom is 0.168 e. The number of hydrogen-bond acceptors (Lipinski definition) is 4. The predicted molar refractivity (Wildman–Crippen MR) is 79.1 cm³/mol. The van der Waals surface area contributed by atoms with Crippen LogP contribution >= 0.6 is 15.9 Å². The fraction of sp³-hybridized carbons (Fsp3) is 0.143. The Balaban J connectivity index is 2.28. The van der Waals surface area contributed by atoms with Crippen LogP contribution in [0.4, 0.5) is 5.82 Å². The highest BCUT2D eigenvalue weighted by Crippen LogP contribution is 2.34. The van der Waals surface area contributed by atoms with Crippen LogP contribution in [-0.4, -0.2) is 16.7 Å². The van der Waals surface area contributed by atoms with Crippen molar-refractivity contribution >= 4 is 32.5 Å². The van der Waals surface area contributed by atoms with Crippen LogP contribution < -0.4 is 5.32 Å². The van der Waals surface area contributed by atoms with Crippen LogP contribution in [0, 0.1) is 0 Å². The number of nitrogens with one attached hydrogen (secondary N) is 1. The van der Waals surface area contributed by atoms with Gasteiger partial charge in [-0.05, 0) is 28.9 Å². The molecule has 96 valence electrons. The van der Waals surface area contributed by atoms with Crippen LogP contribution in [0.1, 0.15) is 6.92 Å². The summed E-state index contributed by atoms with van der Waals surface area (Å²) in [5, 5.41) is 13.8. The van der Waals surface area contributed by atoms with Gasteiger partial charge in [-0.25, -0.2) is 0 Å². The van der Waals surface area contributed by atoms with Crippen LogP contribution in [0.2, 0.25) is 0 Å². The normalized spacial score (nSPS) is 10.8. The Bertz CT molecular complexity index is 724. The Kier molecular flexibility index (Phi) is 3.21. The quantitative estimate of drug-likeness (QED) is 0.790. The largest absolute Gasteiger partial charge is 0.461 e. The van der Waals surface area contributed by atoms with Crippen molar-refractivity contribution in [2.24, 2.45) is 0 Å². The molecule has 1 aromatic carbocycles. The number of benzene rings is 1. The van der Waals surface area contributed by atoms with Crippen molar-refractivity contribution in [1.29, 1.82) is 0 Å². The second kappa shape index (κ2) is 5.01. The van der Waals surface area contributed by atoms with Crippen molar-refractivity contribution in [3.8, 4) is 11.5 Å². The lowest BCUT2D eigenvalue weighted by molar-refractivity contribution is 0.578. The molecular formula is C14H12BrN3O. The second-order valence-electron chi connectivity index (χ2n) is 4.07. The molecule has 2 heterocycles. The number of rotatable bonds is 3. The third-order valence-corrected chi connectivity index (χ3v) is 3.49. The van der Waals surface area contributed by atoms with Crippen LogP contribution in [0.15, 0.2) is 45.5 Å². The highest BCUT2D eigenvalue weighted by Gasteiger charge is 2.15. The van der Waals surface area contributed by atoms with Crippen LogP contribution in [-0.2, 0) is 0 Å². The lowest BCUT2D eigenvalue weighted by atomic mass is 10.1. The zero-order valence-corrected chi connectivity index (χ0v) is 11.9. The molecule has 0 spiro atoms. The summed E-state index contributed by atoms with van der Waals surface area (Å²) in [6, 6.07) is 9.88. The summed E-state index contributed by atoms with van der Waals surface area (Å²) in [6.45, 7) is 2.84. The lowest BCUT2D eigenvalue weighted by Gasteiger charge is -2.08. The van der Waals surface area contributed by atoms with Gasteiger partial charge in [-0.3, -0.25) is 0 Å².